The summed E-state index contributed by atoms with van der Waals surface area (Å²) in [6.45, 7) is 4.99. The van der Waals surface area contributed by atoms with E-state index in [0.29, 0.717) is 24.3 Å². The van der Waals surface area contributed by atoms with Gasteiger partial charge in [0.2, 0.25) is 0 Å². The molecule has 1 amide bonds. The van der Waals surface area contributed by atoms with E-state index in [9.17, 15) is 22.8 Å². The lowest BCUT2D eigenvalue weighted by atomic mass is 10.0. The van der Waals surface area contributed by atoms with Gasteiger partial charge in [-0.05, 0) is 71.0 Å². The Hall–Kier alpha value is -2.60. The van der Waals surface area contributed by atoms with Crippen LogP contribution in [0.15, 0.2) is 12.1 Å². The molecule has 0 radical (unpaired) electrons. The minimum atomic E-state index is -1.30. The Morgan fingerprint density at radius 1 is 1.28 bits per heavy atom. The molecular weight excluding hydrogens is 423 g/mol. The topological polar surface area (TPSA) is 82.4 Å². The molecular formula is C23H30F3N3O3. The minimum Gasteiger partial charge on any atom is -0.444 e. The molecule has 1 aromatic rings. The van der Waals surface area contributed by atoms with Crippen LogP contribution in [0.5, 0.6) is 0 Å². The number of halogens is 3. The normalized spacial score (nSPS) is 23.0. The number of likely N-dealkylation sites (tertiary alicyclic amines) is 1. The Bertz CT molecular complexity index is 865. The number of hydrogen-bond acceptors (Lipinski definition) is 5. The molecule has 1 N–H and O–H groups in total. The van der Waals surface area contributed by atoms with Crippen LogP contribution in [0.3, 0.4) is 0 Å². The van der Waals surface area contributed by atoms with Gasteiger partial charge in [0.15, 0.2) is 11.6 Å². The van der Waals surface area contributed by atoms with E-state index in [4.69, 9.17) is 10.00 Å². The first-order chi connectivity index (χ1) is 14.9. The third kappa shape index (κ3) is 6.95. The molecule has 3 unspecified atom stereocenters. The number of amides is 1. The maximum Gasteiger partial charge on any atom is 0.407 e. The zero-order chi connectivity index (χ0) is 24.1. The predicted octanol–water partition coefficient (Wildman–Crippen LogP) is 4.12. The van der Waals surface area contributed by atoms with Crippen LogP contribution < -0.4 is 5.32 Å². The number of ether oxygens (including phenoxy) is 1. The summed E-state index contributed by atoms with van der Waals surface area (Å²) in [5, 5.41) is 11.2. The number of hydrogen-bond donors (Lipinski definition) is 1. The average molecular weight is 454 g/mol. The van der Waals surface area contributed by atoms with E-state index >= 15 is 0 Å². The summed E-state index contributed by atoms with van der Waals surface area (Å²) in [5.74, 6) is -2.74. The third-order valence-electron chi connectivity index (χ3n) is 5.70. The largest absolute Gasteiger partial charge is 0.444 e. The molecule has 0 spiro atoms. The van der Waals surface area contributed by atoms with E-state index in [-0.39, 0.29) is 24.4 Å². The van der Waals surface area contributed by atoms with Crippen LogP contribution in [0.4, 0.5) is 18.0 Å². The monoisotopic (exact) mass is 453 g/mol. The van der Waals surface area contributed by atoms with Crippen LogP contribution in [0.25, 0.3) is 0 Å². The van der Waals surface area contributed by atoms with Crippen LogP contribution in [0, 0.1) is 34.7 Å². The van der Waals surface area contributed by atoms with Gasteiger partial charge in [0.05, 0.1) is 6.07 Å². The highest BCUT2D eigenvalue weighted by atomic mass is 19.2. The van der Waals surface area contributed by atoms with Crippen LogP contribution >= 0.6 is 0 Å². The maximum absolute atomic E-state index is 13.6. The lowest BCUT2D eigenvalue weighted by molar-refractivity contribution is -0.108. The minimum absolute atomic E-state index is 0.113. The number of carbonyl (C=O) groups is 2. The summed E-state index contributed by atoms with van der Waals surface area (Å²) in [4.78, 5) is 24.6. The average Bonchev–Trinajstić information content (AvgIpc) is 3.26. The molecule has 1 aromatic carbocycles. The highest BCUT2D eigenvalue weighted by Crippen LogP contribution is 2.40. The van der Waals surface area contributed by atoms with Crippen molar-refractivity contribution in [2.45, 2.75) is 76.6 Å². The summed E-state index contributed by atoms with van der Waals surface area (Å²) in [6.07, 6.45) is 3.36. The van der Waals surface area contributed by atoms with Gasteiger partial charge in [-0.2, -0.15) is 5.26 Å². The van der Waals surface area contributed by atoms with Crippen LogP contribution in [0.1, 0.15) is 52.0 Å². The molecule has 1 aliphatic carbocycles. The summed E-state index contributed by atoms with van der Waals surface area (Å²) < 4.78 is 44.7. The Kier molecular flexibility index (Phi) is 8.67. The van der Waals surface area contributed by atoms with Gasteiger partial charge in [-0.3, -0.25) is 4.90 Å². The third-order valence-corrected chi connectivity index (χ3v) is 5.70. The number of nitriles is 1. The number of benzene rings is 1. The molecule has 2 aliphatic rings. The molecule has 1 saturated heterocycles. The number of nitrogens with zero attached hydrogens (tertiary/aromatic N) is 2. The Labute approximate surface area is 186 Å². The zero-order valence-corrected chi connectivity index (χ0v) is 18.8. The first-order valence-electron chi connectivity index (χ1n) is 10.6. The molecule has 2 fully saturated rings. The number of piperidine rings is 1. The summed E-state index contributed by atoms with van der Waals surface area (Å²) in [7, 11) is 2.08. The van der Waals surface area contributed by atoms with Crippen molar-refractivity contribution in [1.29, 1.82) is 5.26 Å². The van der Waals surface area contributed by atoms with Gasteiger partial charge < -0.3 is 14.8 Å². The lowest BCUT2D eigenvalue weighted by Gasteiger charge is -2.26. The number of alkyl carbamates (subject to hydrolysis) is 1. The number of carbonyl (C=O) groups excluding carboxylic acids is 2. The Balaban J connectivity index is 0.000000297. The van der Waals surface area contributed by atoms with Crippen LogP contribution in [-0.4, -0.2) is 48.1 Å². The van der Waals surface area contributed by atoms with E-state index in [1.807, 2.05) is 0 Å². The fraction of sp³-hybridized carbons (Fsp3) is 0.609. The highest BCUT2D eigenvalue weighted by molar-refractivity contribution is 5.68. The lowest BCUT2D eigenvalue weighted by Crippen LogP contribution is -2.40. The van der Waals surface area contributed by atoms with E-state index in [2.05, 4.69) is 23.3 Å². The van der Waals surface area contributed by atoms with Crippen molar-refractivity contribution in [3.63, 3.8) is 0 Å². The van der Waals surface area contributed by atoms with Crippen molar-refractivity contribution in [3.8, 4) is 6.07 Å². The summed E-state index contributed by atoms with van der Waals surface area (Å²) in [6, 6.07) is 3.69. The molecule has 4 atom stereocenters. The number of nitrogens with one attached hydrogen (secondary N) is 1. The van der Waals surface area contributed by atoms with Gasteiger partial charge in [-0.25, -0.2) is 18.0 Å². The van der Waals surface area contributed by atoms with E-state index in [0.717, 1.165) is 6.04 Å². The van der Waals surface area contributed by atoms with Crippen molar-refractivity contribution < 1.29 is 27.5 Å². The van der Waals surface area contributed by atoms with Crippen molar-refractivity contribution in [3.05, 3.63) is 35.1 Å². The van der Waals surface area contributed by atoms with Gasteiger partial charge in [0.1, 0.15) is 23.7 Å². The van der Waals surface area contributed by atoms with Crippen LogP contribution in [-0.2, 0) is 16.0 Å². The van der Waals surface area contributed by atoms with Crippen molar-refractivity contribution in [2.24, 2.45) is 5.92 Å². The van der Waals surface area contributed by atoms with E-state index < -0.39 is 35.2 Å². The maximum atomic E-state index is 13.6. The van der Waals surface area contributed by atoms with Gasteiger partial charge in [0, 0.05) is 24.6 Å². The summed E-state index contributed by atoms with van der Waals surface area (Å²) in [5.41, 5.74) is -0.870. The smallest absolute Gasteiger partial charge is 0.407 e. The second kappa shape index (κ2) is 10.8. The molecule has 3 rings (SSSR count). The second-order valence-electron chi connectivity index (χ2n) is 9.27. The van der Waals surface area contributed by atoms with Crippen molar-refractivity contribution >= 4 is 12.4 Å². The van der Waals surface area contributed by atoms with Crippen molar-refractivity contribution in [2.75, 3.05) is 7.05 Å². The van der Waals surface area contributed by atoms with Crippen LogP contribution in [0.2, 0.25) is 0 Å². The molecule has 6 nitrogen and oxygen atoms in total. The van der Waals surface area contributed by atoms with Gasteiger partial charge in [0.25, 0.3) is 0 Å². The molecule has 176 valence electrons. The molecule has 0 aromatic heterocycles. The first-order valence-corrected chi connectivity index (χ1v) is 10.6. The van der Waals surface area contributed by atoms with Gasteiger partial charge in [-0.1, -0.05) is 0 Å². The van der Waals surface area contributed by atoms with E-state index in [1.54, 1.807) is 20.8 Å². The Morgan fingerprint density at radius 2 is 1.94 bits per heavy atom. The standard InChI is InChI=1S/C15H18F3NO3.C8H12N2/c1-15(2,3)22-14(21)19-10(4-5-20)6-9-7-12(17)13(18)8-11(9)16;1-10-7-3-2-6(4-7)8(10)5-9/h5,7-8,10H,4,6H2,1-3H3,(H,19,21);6-8H,2-4H2,1H3/t;6?,7?,8-/m.1/s1. The number of rotatable bonds is 5. The molecule has 1 saturated carbocycles. The number of fused-ring (bicyclic) bond motifs is 2. The summed E-state index contributed by atoms with van der Waals surface area (Å²) >= 11 is 0. The van der Waals surface area contributed by atoms with Crippen molar-refractivity contribution in [1.82, 2.24) is 10.2 Å². The SMILES string of the molecule is CC(C)(C)OC(=O)NC(CC=O)Cc1cc(F)c(F)cc1F.CN1C2CCC(C2)[C@H]1C#N. The molecule has 9 heteroatoms. The second-order valence-corrected chi connectivity index (χ2v) is 9.27. The van der Waals surface area contributed by atoms with Gasteiger partial charge in [-0.15, -0.1) is 0 Å². The quantitative estimate of drug-likeness (QED) is 0.536. The highest BCUT2D eigenvalue weighted by Gasteiger charge is 2.43. The molecule has 1 aliphatic heterocycles. The number of aldehydes is 1. The molecule has 32 heavy (non-hydrogen) atoms. The van der Waals surface area contributed by atoms with Gasteiger partial charge >= 0.3 is 6.09 Å². The molecule has 1 heterocycles. The Morgan fingerprint density at radius 3 is 2.44 bits per heavy atom. The first kappa shape index (κ1) is 25.7. The zero-order valence-electron chi connectivity index (χ0n) is 18.8. The fourth-order valence-corrected chi connectivity index (χ4v) is 4.17. The van der Waals surface area contributed by atoms with E-state index in [1.165, 1.54) is 19.3 Å². The molecule has 2 bridgehead atoms. The fourth-order valence-electron chi connectivity index (χ4n) is 4.17. The predicted molar refractivity (Wildman–Crippen MR) is 112 cm³/mol.